The van der Waals surface area contributed by atoms with E-state index in [-0.39, 0.29) is 16.1 Å². The third-order valence-corrected chi connectivity index (χ3v) is 6.71. The molecule has 0 radical (unpaired) electrons. The molecular formula is C21H20ClN3O5S2. The zero-order chi connectivity index (χ0) is 23.5. The molecule has 1 amide bonds. The maximum atomic E-state index is 12.6. The van der Waals surface area contributed by atoms with Gasteiger partial charge in [0.25, 0.3) is 15.9 Å². The minimum absolute atomic E-state index is 0.00802. The van der Waals surface area contributed by atoms with Gasteiger partial charge in [0.2, 0.25) is 10.0 Å². The lowest BCUT2D eigenvalue weighted by Gasteiger charge is -2.12. The largest absolute Gasteiger partial charge is 0.322 e. The van der Waals surface area contributed by atoms with Gasteiger partial charge in [-0.05, 0) is 61.0 Å². The smallest absolute Gasteiger partial charge is 0.261 e. The summed E-state index contributed by atoms with van der Waals surface area (Å²) in [5.41, 5.74) is 1.73. The summed E-state index contributed by atoms with van der Waals surface area (Å²) in [4.78, 5) is 12.6. The average molecular weight is 494 g/mol. The van der Waals surface area contributed by atoms with Crippen LogP contribution in [0.25, 0.3) is 0 Å². The number of anilines is 3. The third kappa shape index (κ3) is 6.00. The van der Waals surface area contributed by atoms with Gasteiger partial charge in [-0.2, -0.15) is 0 Å². The second-order valence-corrected chi connectivity index (χ2v) is 10.8. The fourth-order valence-corrected chi connectivity index (χ4v) is 4.56. The normalized spacial score (nSPS) is 11.6. The summed E-state index contributed by atoms with van der Waals surface area (Å²) in [6.45, 7) is 1.81. The number of hydrogen-bond donors (Lipinski definition) is 3. The molecule has 0 fully saturated rings. The highest BCUT2D eigenvalue weighted by Crippen LogP contribution is 2.24. The van der Waals surface area contributed by atoms with Gasteiger partial charge in [-0.25, -0.2) is 16.8 Å². The molecule has 0 bridgehead atoms. The number of hydrogen-bond acceptors (Lipinski definition) is 5. The van der Waals surface area contributed by atoms with Crippen molar-refractivity contribution < 1.29 is 21.6 Å². The lowest BCUT2D eigenvalue weighted by molar-refractivity contribution is 0.102. The van der Waals surface area contributed by atoms with E-state index in [0.717, 1.165) is 11.8 Å². The summed E-state index contributed by atoms with van der Waals surface area (Å²) >= 11 is 6.04. The highest BCUT2D eigenvalue weighted by molar-refractivity contribution is 7.92. The SMILES string of the molecule is Cc1ccc(NS(=O)(=O)c2ccc(NC(=O)c3ccccc3NS(C)(=O)=O)cc2)cc1Cl. The number of aryl methyl sites for hydroxylation is 1. The van der Waals surface area contributed by atoms with Gasteiger partial charge in [-0.15, -0.1) is 0 Å². The van der Waals surface area contributed by atoms with E-state index >= 15 is 0 Å². The zero-order valence-corrected chi connectivity index (χ0v) is 19.5. The second kappa shape index (κ2) is 9.19. The van der Waals surface area contributed by atoms with Crippen LogP contribution in [0.4, 0.5) is 17.1 Å². The Labute approximate surface area is 191 Å². The molecule has 32 heavy (non-hydrogen) atoms. The van der Waals surface area contributed by atoms with E-state index < -0.39 is 26.0 Å². The Balaban J connectivity index is 1.76. The molecule has 0 unspecified atom stereocenters. The van der Waals surface area contributed by atoms with E-state index in [0.29, 0.717) is 16.4 Å². The Morgan fingerprint density at radius 1 is 0.844 bits per heavy atom. The van der Waals surface area contributed by atoms with Gasteiger partial charge >= 0.3 is 0 Å². The van der Waals surface area contributed by atoms with Crippen molar-refractivity contribution in [2.75, 3.05) is 21.0 Å². The minimum atomic E-state index is -3.87. The Morgan fingerprint density at radius 3 is 2.09 bits per heavy atom. The van der Waals surface area contributed by atoms with Crippen LogP contribution in [0.1, 0.15) is 15.9 Å². The first-order valence-electron chi connectivity index (χ1n) is 9.22. The summed E-state index contributed by atoms with van der Waals surface area (Å²) in [6.07, 6.45) is 0.986. The van der Waals surface area contributed by atoms with Crippen molar-refractivity contribution in [2.45, 2.75) is 11.8 Å². The van der Waals surface area contributed by atoms with Crippen LogP contribution in [0.15, 0.2) is 71.6 Å². The van der Waals surface area contributed by atoms with Crippen molar-refractivity contribution in [2.24, 2.45) is 0 Å². The standard InChI is InChI=1S/C21H20ClN3O5S2/c1-14-7-8-16(13-19(14)22)24-32(29,30)17-11-9-15(10-12-17)23-21(26)18-5-3-4-6-20(18)25-31(2,27)28/h3-13,24-25H,1-2H3,(H,23,26). The Kier molecular flexibility index (Phi) is 6.77. The van der Waals surface area contributed by atoms with E-state index in [1.807, 2.05) is 6.92 Å². The number of carbonyl (C=O) groups is 1. The number of sulfonamides is 2. The molecule has 0 saturated heterocycles. The molecule has 11 heteroatoms. The summed E-state index contributed by atoms with van der Waals surface area (Å²) in [5.74, 6) is -0.556. The van der Waals surface area contributed by atoms with E-state index in [2.05, 4.69) is 14.8 Å². The van der Waals surface area contributed by atoms with Crippen LogP contribution in [-0.2, 0) is 20.0 Å². The third-order valence-electron chi connectivity index (χ3n) is 4.31. The molecule has 3 aromatic rings. The fourth-order valence-electron chi connectivity index (χ4n) is 2.76. The number of nitrogens with one attached hydrogen (secondary N) is 3. The van der Waals surface area contributed by atoms with Gasteiger partial charge in [-0.3, -0.25) is 14.2 Å². The number of carbonyl (C=O) groups excluding carboxylic acids is 1. The second-order valence-electron chi connectivity index (χ2n) is 6.97. The molecule has 0 aliphatic rings. The molecule has 0 heterocycles. The molecule has 3 N–H and O–H groups in total. The molecule has 8 nitrogen and oxygen atoms in total. The van der Waals surface area contributed by atoms with Gasteiger partial charge in [0.15, 0.2) is 0 Å². The van der Waals surface area contributed by atoms with Crippen LogP contribution in [-0.4, -0.2) is 29.0 Å². The van der Waals surface area contributed by atoms with Gasteiger partial charge in [0.05, 0.1) is 28.1 Å². The highest BCUT2D eigenvalue weighted by Gasteiger charge is 2.17. The highest BCUT2D eigenvalue weighted by atomic mass is 35.5. The van der Waals surface area contributed by atoms with E-state index in [1.165, 1.54) is 42.5 Å². The molecule has 168 valence electrons. The van der Waals surface area contributed by atoms with Crippen LogP contribution < -0.4 is 14.8 Å². The molecule has 0 aliphatic heterocycles. The van der Waals surface area contributed by atoms with Crippen LogP contribution in [0.2, 0.25) is 5.02 Å². The topological polar surface area (TPSA) is 121 Å². The molecule has 3 rings (SSSR count). The van der Waals surface area contributed by atoms with Gasteiger partial charge in [-0.1, -0.05) is 29.8 Å². The summed E-state index contributed by atoms with van der Waals surface area (Å²) in [6, 6.07) is 16.5. The van der Waals surface area contributed by atoms with Gasteiger partial charge in [0, 0.05) is 10.7 Å². The van der Waals surface area contributed by atoms with Crippen LogP contribution in [0.5, 0.6) is 0 Å². The molecule has 3 aromatic carbocycles. The summed E-state index contributed by atoms with van der Waals surface area (Å²) < 4.78 is 53.0. The summed E-state index contributed by atoms with van der Waals surface area (Å²) in [7, 11) is -7.44. The van der Waals surface area contributed by atoms with Gasteiger partial charge in [0.1, 0.15) is 0 Å². The summed E-state index contributed by atoms with van der Waals surface area (Å²) in [5, 5.41) is 3.06. The van der Waals surface area contributed by atoms with Crippen molar-refractivity contribution >= 4 is 54.6 Å². The number of rotatable bonds is 7. The maximum absolute atomic E-state index is 12.6. The lowest BCUT2D eigenvalue weighted by atomic mass is 10.1. The zero-order valence-electron chi connectivity index (χ0n) is 17.1. The monoisotopic (exact) mass is 493 g/mol. The van der Waals surface area contributed by atoms with E-state index in [9.17, 15) is 21.6 Å². The van der Waals surface area contributed by atoms with E-state index in [4.69, 9.17) is 11.6 Å². The fraction of sp³-hybridized carbons (Fsp3) is 0.0952. The predicted octanol–water partition coefficient (Wildman–Crippen LogP) is 4.07. The predicted molar refractivity (Wildman–Crippen MR) is 126 cm³/mol. The minimum Gasteiger partial charge on any atom is -0.322 e. The molecular weight excluding hydrogens is 474 g/mol. The number of halogens is 1. The quantitative estimate of drug-likeness (QED) is 0.458. The molecule has 0 atom stereocenters. The van der Waals surface area contributed by atoms with Crippen molar-refractivity contribution in [3.05, 3.63) is 82.9 Å². The molecule has 0 saturated carbocycles. The first kappa shape index (κ1) is 23.6. The number of benzene rings is 3. The van der Waals surface area contributed by atoms with Crippen molar-refractivity contribution in [1.82, 2.24) is 0 Å². The number of para-hydroxylation sites is 1. The van der Waals surface area contributed by atoms with Crippen molar-refractivity contribution in [3.63, 3.8) is 0 Å². The maximum Gasteiger partial charge on any atom is 0.261 e. The Bertz CT molecular complexity index is 1370. The van der Waals surface area contributed by atoms with Crippen LogP contribution >= 0.6 is 11.6 Å². The molecule has 0 aliphatic carbocycles. The van der Waals surface area contributed by atoms with Gasteiger partial charge < -0.3 is 5.32 Å². The first-order valence-corrected chi connectivity index (χ1v) is 13.0. The Hall–Kier alpha value is -3.08. The van der Waals surface area contributed by atoms with Crippen molar-refractivity contribution in [3.8, 4) is 0 Å². The number of amides is 1. The molecule has 0 spiro atoms. The van der Waals surface area contributed by atoms with Crippen LogP contribution in [0.3, 0.4) is 0 Å². The lowest BCUT2D eigenvalue weighted by Crippen LogP contribution is -2.17. The van der Waals surface area contributed by atoms with Crippen molar-refractivity contribution in [1.29, 1.82) is 0 Å². The first-order chi connectivity index (χ1) is 14.9. The Morgan fingerprint density at radius 2 is 1.47 bits per heavy atom. The van der Waals surface area contributed by atoms with Crippen LogP contribution in [0, 0.1) is 6.92 Å². The van der Waals surface area contributed by atoms with E-state index in [1.54, 1.807) is 24.3 Å². The average Bonchev–Trinajstić information content (AvgIpc) is 2.70. The molecule has 0 aromatic heterocycles.